The fraction of sp³-hybridized carbons (Fsp3) is 0.250. The molecule has 1 heterocycles. The summed E-state index contributed by atoms with van der Waals surface area (Å²) in [6.45, 7) is 2.08. The molecular weight excluding hydrogens is 202 g/mol. The van der Waals surface area contributed by atoms with Crippen molar-refractivity contribution in [3.8, 4) is 0 Å². The second-order valence-corrected chi connectivity index (χ2v) is 3.74. The summed E-state index contributed by atoms with van der Waals surface area (Å²) in [5.74, 6) is 0.411. The number of rotatable bonds is 3. The number of aromatic amines is 1. The van der Waals surface area contributed by atoms with Crippen molar-refractivity contribution in [3.05, 3.63) is 47.2 Å². The fourth-order valence-electron chi connectivity index (χ4n) is 1.69. The molecule has 2 aromatic rings. The smallest absolute Gasteiger partial charge is 0.125 e. The first-order valence-corrected chi connectivity index (χ1v) is 5.28. The molecular formula is C12H15N3O. The van der Waals surface area contributed by atoms with Crippen LogP contribution in [0.3, 0.4) is 0 Å². The predicted octanol–water partition coefficient (Wildman–Crippen LogP) is 1.64. The third-order valence-corrected chi connectivity index (χ3v) is 2.67. The van der Waals surface area contributed by atoms with Crippen LogP contribution in [0.5, 0.6) is 0 Å². The average Bonchev–Trinajstić information content (AvgIpc) is 2.74. The van der Waals surface area contributed by atoms with E-state index in [1.165, 1.54) is 5.56 Å². The number of nitrogens with zero attached hydrogens (tertiary/aromatic N) is 1. The van der Waals surface area contributed by atoms with Gasteiger partial charge in [0.2, 0.25) is 0 Å². The number of nitrogens with two attached hydrogens (primary N) is 1. The molecule has 0 fully saturated rings. The number of H-pyrrole nitrogens is 1. The lowest BCUT2D eigenvalue weighted by Gasteiger charge is -2.11. The van der Waals surface area contributed by atoms with Crippen molar-refractivity contribution in [2.24, 2.45) is 0 Å². The van der Waals surface area contributed by atoms with Gasteiger partial charge in [0.1, 0.15) is 11.9 Å². The lowest BCUT2D eigenvalue weighted by molar-refractivity contribution is 0.221. The first-order chi connectivity index (χ1) is 7.72. The van der Waals surface area contributed by atoms with Crippen molar-refractivity contribution in [1.29, 1.82) is 0 Å². The van der Waals surface area contributed by atoms with E-state index < -0.39 is 6.10 Å². The Morgan fingerprint density at radius 3 is 2.94 bits per heavy atom. The molecule has 0 aliphatic heterocycles. The molecule has 0 radical (unpaired) electrons. The summed E-state index contributed by atoms with van der Waals surface area (Å²) >= 11 is 0. The van der Waals surface area contributed by atoms with Gasteiger partial charge in [-0.1, -0.05) is 31.2 Å². The molecule has 1 aromatic heterocycles. The molecule has 1 aromatic carbocycles. The Morgan fingerprint density at radius 1 is 1.50 bits per heavy atom. The molecule has 1 unspecified atom stereocenters. The van der Waals surface area contributed by atoms with Crippen molar-refractivity contribution >= 4 is 5.82 Å². The van der Waals surface area contributed by atoms with Gasteiger partial charge >= 0.3 is 0 Å². The molecule has 4 nitrogen and oxygen atoms in total. The minimum absolute atomic E-state index is 0.411. The van der Waals surface area contributed by atoms with E-state index in [1.807, 2.05) is 24.3 Å². The lowest BCUT2D eigenvalue weighted by Crippen LogP contribution is -2.02. The van der Waals surface area contributed by atoms with E-state index in [0.717, 1.165) is 12.0 Å². The third-order valence-electron chi connectivity index (χ3n) is 2.67. The monoisotopic (exact) mass is 217 g/mol. The topological polar surface area (TPSA) is 74.9 Å². The number of nitrogens with one attached hydrogen (secondary N) is 1. The minimum atomic E-state index is -0.717. The molecule has 4 N–H and O–H groups in total. The van der Waals surface area contributed by atoms with Crippen LogP contribution in [0.15, 0.2) is 30.5 Å². The van der Waals surface area contributed by atoms with Gasteiger partial charge in [-0.3, -0.25) is 5.10 Å². The van der Waals surface area contributed by atoms with Crippen LogP contribution in [0.2, 0.25) is 0 Å². The van der Waals surface area contributed by atoms with E-state index in [-0.39, 0.29) is 0 Å². The fourth-order valence-corrected chi connectivity index (χ4v) is 1.69. The molecule has 84 valence electrons. The number of aliphatic hydroxyl groups excluding tert-OH is 1. The Morgan fingerprint density at radius 2 is 2.31 bits per heavy atom. The number of hydrogen-bond donors (Lipinski definition) is 3. The highest BCUT2D eigenvalue weighted by molar-refractivity contribution is 5.43. The molecule has 0 amide bonds. The summed E-state index contributed by atoms with van der Waals surface area (Å²) in [6, 6.07) is 7.84. The van der Waals surface area contributed by atoms with Crippen LogP contribution in [-0.2, 0) is 6.42 Å². The normalized spacial score (nSPS) is 12.6. The third kappa shape index (κ3) is 1.92. The Balaban J connectivity index is 2.33. The highest BCUT2D eigenvalue weighted by Gasteiger charge is 2.15. The van der Waals surface area contributed by atoms with Crippen LogP contribution >= 0.6 is 0 Å². The number of aryl methyl sites for hydroxylation is 1. The molecule has 16 heavy (non-hydrogen) atoms. The minimum Gasteiger partial charge on any atom is -0.384 e. The Kier molecular flexibility index (Phi) is 2.92. The molecule has 0 aliphatic rings. The van der Waals surface area contributed by atoms with Crippen molar-refractivity contribution in [2.45, 2.75) is 19.4 Å². The van der Waals surface area contributed by atoms with Crippen LogP contribution in [0.4, 0.5) is 5.82 Å². The molecule has 2 rings (SSSR count). The molecule has 0 aliphatic carbocycles. The zero-order chi connectivity index (χ0) is 11.5. The van der Waals surface area contributed by atoms with Gasteiger partial charge in [-0.05, 0) is 17.5 Å². The van der Waals surface area contributed by atoms with Gasteiger partial charge in [-0.2, -0.15) is 5.10 Å². The average molecular weight is 217 g/mol. The van der Waals surface area contributed by atoms with Gasteiger partial charge in [0.25, 0.3) is 0 Å². The predicted molar refractivity (Wildman–Crippen MR) is 62.9 cm³/mol. The molecule has 1 atom stereocenters. The maximum atomic E-state index is 10.1. The molecule has 0 bridgehead atoms. The molecule has 0 saturated heterocycles. The summed E-state index contributed by atoms with van der Waals surface area (Å²) in [5.41, 5.74) is 8.32. The summed E-state index contributed by atoms with van der Waals surface area (Å²) in [6.07, 6.45) is 1.78. The number of benzene rings is 1. The first-order valence-electron chi connectivity index (χ1n) is 5.28. The first kappa shape index (κ1) is 10.7. The second kappa shape index (κ2) is 4.37. The van der Waals surface area contributed by atoms with Crippen LogP contribution in [0.25, 0.3) is 0 Å². The molecule has 0 spiro atoms. The van der Waals surface area contributed by atoms with E-state index >= 15 is 0 Å². The van der Waals surface area contributed by atoms with Gasteiger partial charge in [-0.25, -0.2) is 0 Å². The van der Waals surface area contributed by atoms with Gasteiger partial charge < -0.3 is 10.8 Å². The van der Waals surface area contributed by atoms with Gasteiger partial charge in [0.15, 0.2) is 0 Å². The van der Waals surface area contributed by atoms with Gasteiger partial charge in [0.05, 0.1) is 6.20 Å². The van der Waals surface area contributed by atoms with Crippen LogP contribution in [-0.4, -0.2) is 15.3 Å². The molecule has 0 saturated carbocycles. The van der Waals surface area contributed by atoms with Crippen molar-refractivity contribution in [3.63, 3.8) is 0 Å². The SMILES string of the molecule is CCc1cccc(C(O)c2cn[nH]c2N)c1. The summed E-state index contributed by atoms with van der Waals surface area (Å²) in [5, 5.41) is 16.6. The Bertz CT molecular complexity index is 479. The number of hydrogen-bond acceptors (Lipinski definition) is 3. The highest BCUT2D eigenvalue weighted by Crippen LogP contribution is 2.25. The maximum Gasteiger partial charge on any atom is 0.125 e. The van der Waals surface area contributed by atoms with Crippen LogP contribution in [0.1, 0.15) is 29.7 Å². The van der Waals surface area contributed by atoms with E-state index in [4.69, 9.17) is 5.73 Å². The summed E-state index contributed by atoms with van der Waals surface area (Å²) in [7, 11) is 0. The van der Waals surface area contributed by atoms with E-state index in [0.29, 0.717) is 11.4 Å². The highest BCUT2D eigenvalue weighted by atomic mass is 16.3. The largest absolute Gasteiger partial charge is 0.384 e. The summed E-state index contributed by atoms with van der Waals surface area (Å²) in [4.78, 5) is 0. The maximum absolute atomic E-state index is 10.1. The second-order valence-electron chi connectivity index (χ2n) is 3.74. The number of aromatic nitrogens is 2. The van der Waals surface area contributed by atoms with Crippen LogP contribution in [0, 0.1) is 0 Å². The Labute approximate surface area is 94.1 Å². The van der Waals surface area contributed by atoms with Crippen molar-refractivity contribution in [1.82, 2.24) is 10.2 Å². The van der Waals surface area contributed by atoms with Crippen molar-refractivity contribution < 1.29 is 5.11 Å². The Hall–Kier alpha value is -1.81. The number of aliphatic hydroxyl groups is 1. The van der Waals surface area contributed by atoms with Gasteiger partial charge in [-0.15, -0.1) is 0 Å². The van der Waals surface area contributed by atoms with E-state index in [9.17, 15) is 5.11 Å². The number of nitrogen functional groups attached to an aromatic ring is 1. The van der Waals surface area contributed by atoms with Crippen LogP contribution < -0.4 is 5.73 Å². The number of anilines is 1. The lowest BCUT2D eigenvalue weighted by atomic mass is 10.0. The zero-order valence-corrected chi connectivity index (χ0v) is 9.14. The van der Waals surface area contributed by atoms with E-state index in [1.54, 1.807) is 6.20 Å². The van der Waals surface area contributed by atoms with Gasteiger partial charge in [0, 0.05) is 5.56 Å². The standard InChI is InChI=1S/C12H15N3O/c1-2-8-4-3-5-9(6-8)11(16)10-7-14-15-12(10)13/h3-7,11,16H,2H2,1H3,(H3,13,14,15). The molecule has 4 heteroatoms. The van der Waals surface area contributed by atoms with Crippen molar-refractivity contribution in [2.75, 3.05) is 5.73 Å². The van der Waals surface area contributed by atoms with E-state index in [2.05, 4.69) is 17.1 Å². The quantitative estimate of drug-likeness (QED) is 0.731. The summed E-state index contributed by atoms with van der Waals surface area (Å²) < 4.78 is 0. The zero-order valence-electron chi connectivity index (χ0n) is 9.14.